The van der Waals surface area contributed by atoms with E-state index in [1.165, 1.54) is 0 Å². The fourth-order valence-electron chi connectivity index (χ4n) is 1.90. The third-order valence-corrected chi connectivity index (χ3v) is 2.70. The SMILES string of the molecule is Cc1cccc2c(=O)n(CC(C)O)ccc12. The van der Waals surface area contributed by atoms with E-state index < -0.39 is 6.10 Å². The Balaban J connectivity index is 2.66. The fourth-order valence-corrected chi connectivity index (χ4v) is 1.90. The molecule has 1 unspecified atom stereocenters. The second-order valence-electron chi connectivity index (χ2n) is 4.16. The molecule has 0 aliphatic heterocycles. The normalized spacial score (nSPS) is 12.9. The molecule has 1 N–H and O–H groups in total. The number of pyridine rings is 1. The van der Waals surface area contributed by atoms with Gasteiger partial charge in [-0.05, 0) is 36.9 Å². The van der Waals surface area contributed by atoms with E-state index in [-0.39, 0.29) is 5.56 Å². The molecule has 16 heavy (non-hydrogen) atoms. The Morgan fingerprint density at radius 1 is 1.31 bits per heavy atom. The second-order valence-corrected chi connectivity index (χ2v) is 4.16. The summed E-state index contributed by atoms with van der Waals surface area (Å²) in [7, 11) is 0. The number of hydrogen-bond acceptors (Lipinski definition) is 2. The summed E-state index contributed by atoms with van der Waals surface area (Å²) in [5.74, 6) is 0. The lowest BCUT2D eigenvalue weighted by Gasteiger charge is -2.09. The van der Waals surface area contributed by atoms with E-state index in [4.69, 9.17) is 0 Å². The average molecular weight is 217 g/mol. The van der Waals surface area contributed by atoms with Crippen LogP contribution in [0.2, 0.25) is 0 Å². The summed E-state index contributed by atoms with van der Waals surface area (Å²) in [5, 5.41) is 11.0. The first-order valence-electron chi connectivity index (χ1n) is 5.36. The number of fused-ring (bicyclic) bond motifs is 1. The van der Waals surface area contributed by atoms with Gasteiger partial charge in [-0.2, -0.15) is 0 Å². The van der Waals surface area contributed by atoms with Gasteiger partial charge in [0.2, 0.25) is 0 Å². The van der Waals surface area contributed by atoms with Crippen LogP contribution in [0.25, 0.3) is 10.8 Å². The monoisotopic (exact) mass is 217 g/mol. The number of aliphatic hydroxyl groups is 1. The summed E-state index contributed by atoms with van der Waals surface area (Å²) in [6.07, 6.45) is 1.23. The van der Waals surface area contributed by atoms with E-state index in [1.54, 1.807) is 17.7 Å². The molecule has 0 aliphatic carbocycles. The van der Waals surface area contributed by atoms with Crippen molar-refractivity contribution < 1.29 is 5.11 Å². The van der Waals surface area contributed by atoms with E-state index in [2.05, 4.69) is 0 Å². The van der Waals surface area contributed by atoms with Gasteiger partial charge in [0.15, 0.2) is 0 Å². The predicted molar refractivity (Wildman–Crippen MR) is 64.6 cm³/mol. The Morgan fingerprint density at radius 3 is 2.75 bits per heavy atom. The molecule has 0 fully saturated rings. The number of nitrogens with zero attached hydrogens (tertiary/aromatic N) is 1. The minimum Gasteiger partial charge on any atom is -0.392 e. The van der Waals surface area contributed by atoms with Crippen LogP contribution in [0.15, 0.2) is 35.3 Å². The summed E-state index contributed by atoms with van der Waals surface area (Å²) in [6, 6.07) is 7.62. The molecule has 84 valence electrons. The predicted octanol–water partition coefficient (Wildman–Crippen LogP) is 1.69. The Labute approximate surface area is 94.0 Å². The van der Waals surface area contributed by atoms with Crippen LogP contribution >= 0.6 is 0 Å². The molecule has 0 spiro atoms. The molecule has 2 rings (SSSR count). The zero-order valence-corrected chi connectivity index (χ0v) is 9.47. The van der Waals surface area contributed by atoms with Gasteiger partial charge >= 0.3 is 0 Å². The molecule has 0 saturated heterocycles. The van der Waals surface area contributed by atoms with Crippen LogP contribution in [0.4, 0.5) is 0 Å². The van der Waals surface area contributed by atoms with Crippen molar-refractivity contribution in [2.45, 2.75) is 26.5 Å². The Bertz CT molecular complexity index is 570. The number of rotatable bonds is 2. The van der Waals surface area contributed by atoms with Crippen molar-refractivity contribution in [2.75, 3.05) is 0 Å². The van der Waals surface area contributed by atoms with Crippen molar-refractivity contribution >= 4 is 10.8 Å². The smallest absolute Gasteiger partial charge is 0.258 e. The molecule has 0 bridgehead atoms. The first-order valence-corrected chi connectivity index (χ1v) is 5.36. The number of hydrogen-bond donors (Lipinski definition) is 1. The van der Waals surface area contributed by atoms with Crippen LogP contribution in [0.1, 0.15) is 12.5 Å². The molecule has 3 heteroatoms. The first kappa shape index (κ1) is 10.9. The minimum atomic E-state index is -0.514. The Hall–Kier alpha value is -1.61. The maximum atomic E-state index is 12.1. The van der Waals surface area contributed by atoms with Crippen molar-refractivity contribution in [3.63, 3.8) is 0 Å². The van der Waals surface area contributed by atoms with Crippen molar-refractivity contribution in [1.29, 1.82) is 0 Å². The maximum Gasteiger partial charge on any atom is 0.258 e. The minimum absolute atomic E-state index is 0.0397. The van der Waals surface area contributed by atoms with Gasteiger partial charge in [0.05, 0.1) is 12.6 Å². The summed E-state index contributed by atoms with van der Waals surface area (Å²) in [4.78, 5) is 12.1. The highest BCUT2D eigenvalue weighted by Crippen LogP contribution is 2.14. The van der Waals surface area contributed by atoms with Gasteiger partial charge in [-0.15, -0.1) is 0 Å². The van der Waals surface area contributed by atoms with Crippen LogP contribution in [0, 0.1) is 6.92 Å². The molecule has 0 saturated carbocycles. The fraction of sp³-hybridized carbons (Fsp3) is 0.308. The molecule has 0 amide bonds. The topological polar surface area (TPSA) is 42.2 Å². The average Bonchev–Trinajstić information content (AvgIpc) is 2.23. The maximum absolute atomic E-state index is 12.1. The molecule has 1 heterocycles. The van der Waals surface area contributed by atoms with Gasteiger partial charge in [-0.1, -0.05) is 12.1 Å². The highest BCUT2D eigenvalue weighted by atomic mass is 16.3. The van der Waals surface area contributed by atoms with Crippen molar-refractivity contribution in [3.05, 3.63) is 46.4 Å². The van der Waals surface area contributed by atoms with Crippen LogP contribution in [-0.4, -0.2) is 15.8 Å². The van der Waals surface area contributed by atoms with Crippen molar-refractivity contribution in [3.8, 4) is 0 Å². The summed E-state index contributed by atoms with van der Waals surface area (Å²) in [6.45, 7) is 4.00. The molecular formula is C13H15NO2. The summed E-state index contributed by atoms with van der Waals surface area (Å²) >= 11 is 0. The zero-order chi connectivity index (χ0) is 11.7. The van der Waals surface area contributed by atoms with Crippen LogP contribution in [-0.2, 0) is 6.54 Å². The van der Waals surface area contributed by atoms with Gasteiger partial charge in [0.25, 0.3) is 5.56 Å². The summed E-state index contributed by atoms with van der Waals surface area (Å²) < 4.78 is 1.55. The van der Waals surface area contributed by atoms with E-state index in [0.717, 1.165) is 10.9 Å². The number of aliphatic hydroxyl groups excluding tert-OH is 1. The second kappa shape index (κ2) is 4.10. The highest BCUT2D eigenvalue weighted by molar-refractivity contribution is 5.84. The molecular weight excluding hydrogens is 202 g/mol. The van der Waals surface area contributed by atoms with Crippen LogP contribution in [0.5, 0.6) is 0 Å². The van der Waals surface area contributed by atoms with Gasteiger partial charge in [-0.25, -0.2) is 0 Å². The number of aromatic nitrogens is 1. The quantitative estimate of drug-likeness (QED) is 0.831. The number of aryl methyl sites for hydroxylation is 1. The first-order chi connectivity index (χ1) is 7.59. The molecule has 0 aliphatic rings. The highest BCUT2D eigenvalue weighted by Gasteiger charge is 2.05. The largest absolute Gasteiger partial charge is 0.392 e. The standard InChI is InChI=1S/C13H15NO2/c1-9-4-3-5-12-11(9)6-7-14(13(12)16)8-10(2)15/h3-7,10,15H,8H2,1-2H3. The molecule has 1 aromatic carbocycles. The van der Waals surface area contributed by atoms with E-state index in [1.807, 2.05) is 31.2 Å². The van der Waals surface area contributed by atoms with Crippen molar-refractivity contribution in [2.24, 2.45) is 0 Å². The lowest BCUT2D eigenvalue weighted by molar-refractivity contribution is 0.172. The molecule has 0 radical (unpaired) electrons. The van der Waals surface area contributed by atoms with Crippen LogP contribution in [0.3, 0.4) is 0 Å². The van der Waals surface area contributed by atoms with Crippen molar-refractivity contribution in [1.82, 2.24) is 4.57 Å². The molecule has 2 aromatic rings. The number of benzene rings is 1. The lowest BCUT2D eigenvalue weighted by atomic mass is 10.1. The molecule has 1 aromatic heterocycles. The third-order valence-electron chi connectivity index (χ3n) is 2.70. The van der Waals surface area contributed by atoms with Gasteiger partial charge in [-0.3, -0.25) is 4.79 Å². The van der Waals surface area contributed by atoms with Gasteiger partial charge in [0.1, 0.15) is 0 Å². The van der Waals surface area contributed by atoms with Gasteiger partial charge < -0.3 is 9.67 Å². The molecule has 1 atom stereocenters. The van der Waals surface area contributed by atoms with E-state index in [0.29, 0.717) is 11.9 Å². The third kappa shape index (κ3) is 1.86. The Morgan fingerprint density at radius 2 is 2.06 bits per heavy atom. The van der Waals surface area contributed by atoms with Gasteiger partial charge in [0, 0.05) is 11.6 Å². The van der Waals surface area contributed by atoms with Crippen LogP contribution < -0.4 is 5.56 Å². The lowest BCUT2D eigenvalue weighted by Crippen LogP contribution is -2.24. The Kier molecular flexibility index (Phi) is 2.79. The van der Waals surface area contributed by atoms with E-state index in [9.17, 15) is 9.90 Å². The summed E-state index contributed by atoms with van der Waals surface area (Å²) in [5.41, 5.74) is 1.06. The zero-order valence-electron chi connectivity index (χ0n) is 9.47. The molecule has 3 nitrogen and oxygen atoms in total. The van der Waals surface area contributed by atoms with E-state index >= 15 is 0 Å².